The quantitative estimate of drug-likeness (QED) is 0.0422. The van der Waals surface area contributed by atoms with E-state index in [4.69, 9.17) is 58.2 Å². The van der Waals surface area contributed by atoms with Gasteiger partial charge in [0.25, 0.3) is 0 Å². The predicted molar refractivity (Wildman–Crippen MR) is 373 cm³/mol. The molecule has 12 aromatic rings. The number of fused-ring (bicyclic) bond motifs is 4. The van der Waals surface area contributed by atoms with Crippen molar-refractivity contribution in [2.75, 3.05) is 40.4 Å². The summed E-state index contributed by atoms with van der Waals surface area (Å²) in [5, 5.41) is 0. The molecule has 2 atom stereocenters. The number of alkyl halides is 5. The molecular weight excluding hydrogens is 1380 g/mol. The number of rotatable bonds is 19. The zero-order valence-corrected chi connectivity index (χ0v) is 58.0. The minimum Gasteiger partial charge on any atom is -0.468 e. The van der Waals surface area contributed by atoms with Crippen LogP contribution in [0.3, 0.4) is 0 Å². The molecule has 17 nitrogen and oxygen atoms in total. The molecule has 26 heteroatoms. The van der Waals surface area contributed by atoms with Gasteiger partial charge in [0.1, 0.15) is 45.6 Å². The van der Waals surface area contributed by atoms with E-state index < -0.39 is 48.6 Å². The zero-order valence-electron chi connectivity index (χ0n) is 57.2. The van der Waals surface area contributed by atoms with Crippen molar-refractivity contribution < 1.29 is 81.3 Å². The zero-order chi connectivity index (χ0) is 72.9. The first kappa shape index (κ1) is 70.8. The van der Waals surface area contributed by atoms with Crippen molar-refractivity contribution in [3.8, 4) is 79.6 Å². The third-order valence-electron chi connectivity index (χ3n) is 19.8. The molecule has 8 aromatic carbocycles. The van der Waals surface area contributed by atoms with Crippen molar-refractivity contribution in [2.24, 2.45) is 0 Å². The minimum absolute atomic E-state index is 0.0126. The molecule has 15 rings (SSSR count). The molecule has 0 spiro atoms. The van der Waals surface area contributed by atoms with Gasteiger partial charge in [0.05, 0.1) is 20.1 Å². The maximum Gasteiger partial charge on any atom is 0.387 e. The molecule has 7 heterocycles. The lowest BCUT2D eigenvalue weighted by molar-refractivity contribution is -0.146. The van der Waals surface area contributed by atoms with Gasteiger partial charge >= 0.3 is 25.2 Å². The van der Waals surface area contributed by atoms with Gasteiger partial charge in [0.15, 0.2) is 34.0 Å². The molecule has 0 N–H and O–H groups in total. The van der Waals surface area contributed by atoms with E-state index in [1.807, 2.05) is 104 Å². The van der Waals surface area contributed by atoms with Crippen molar-refractivity contribution in [2.45, 2.75) is 117 Å². The summed E-state index contributed by atoms with van der Waals surface area (Å²) in [7, 11) is 2.65. The van der Waals surface area contributed by atoms with Gasteiger partial charge in [-0.2, -0.15) is 26.3 Å². The molecular formula is C78H68ClF8N7O10. The first-order chi connectivity index (χ1) is 50.2. The van der Waals surface area contributed by atoms with Crippen LogP contribution in [0.15, 0.2) is 127 Å². The van der Waals surface area contributed by atoms with Crippen LogP contribution in [-0.2, 0) is 44.6 Å². The molecule has 3 aliphatic heterocycles. The lowest BCUT2D eigenvalue weighted by Gasteiger charge is -2.23. The SMILES string of the molecule is COC(=O)[C@@H]1CCCN1Cc1cc2nc(-c3cccc(-c4cccc(-c5nc6cc(CCl)c(F)c(F)c6o5)c4C)c3C)oc2cc1OC(F)F.COC(=O)[C@@H]1CCCN1Cc1cc2nc(-c3cccc(-c4cccc(-c5nc6cc(CN7CCCC7)c(F)c(F)c6o5)c4C)c3C)oc2cc1OC(F)F. The average molecular weight is 1450 g/mol. The maximum absolute atomic E-state index is 15.3. The minimum atomic E-state index is -3.07. The molecule has 0 aliphatic carbocycles. The van der Waals surface area contributed by atoms with E-state index in [0.29, 0.717) is 76.9 Å². The van der Waals surface area contributed by atoms with Gasteiger partial charge in [-0.1, -0.05) is 48.5 Å². The topological polar surface area (TPSA) is 185 Å². The lowest BCUT2D eigenvalue weighted by atomic mass is 9.91. The Balaban J connectivity index is 0.000000176. The summed E-state index contributed by atoms with van der Waals surface area (Å²) < 4.78 is 157. The number of nitrogens with zero attached hydrogens (tertiary/aromatic N) is 7. The van der Waals surface area contributed by atoms with E-state index in [9.17, 15) is 35.9 Å². The van der Waals surface area contributed by atoms with Gasteiger partial charge < -0.3 is 36.6 Å². The Hall–Kier alpha value is -10.2. The molecule has 0 radical (unpaired) electrons. The van der Waals surface area contributed by atoms with Crippen molar-refractivity contribution >= 4 is 67.9 Å². The molecule has 0 saturated carbocycles. The highest BCUT2D eigenvalue weighted by molar-refractivity contribution is 6.17. The van der Waals surface area contributed by atoms with Gasteiger partial charge in [0, 0.05) is 76.3 Å². The molecule has 3 fully saturated rings. The summed E-state index contributed by atoms with van der Waals surface area (Å²) in [6.07, 6.45) is 4.82. The maximum atomic E-state index is 15.3. The largest absolute Gasteiger partial charge is 0.468 e. The third kappa shape index (κ3) is 13.7. The molecule has 538 valence electrons. The number of carbonyl (C=O) groups is 2. The number of likely N-dealkylation sites (tertiary alicyclic amines) is 3. The van der Waals surface area contributed by atoms with Gasteiger partial charge in [-0.3, -0.25) is 24.3 Å². The number of oxazole rings is 4. The Morgan fingerprint density at radius 2 is 0.798 bits per heavy atom. The predicted octanol–water partition coefficient (Wildman–Crippen LogP) is 18.5. The van der Waals surface area contributed by atoms with E-state index >= 15 is 8.78 Å². The van der Waals surface area contributed by atoms with Gasteiger partial charge in [-0.25, -0.2) is 28.7 Å². The number of esters is 2. The summed E-state index contributed by atoms with van der Waals surface area (Å²) in [6, 6.07) is 30.6. The molecule has 0 unspecified atom stereocenters. The Morgan fingerprint density at radius 1 is 0.452 bits per heavy atom. The third-order valence-corrected chi connectivity index (χ3v) is 20.1. The van der Waals surface area contributed by atoms with Crippen LogP contribution in [0.5, 0.6) is 11.5 Å². The van der Waals surface area contributed by atoms with Gasteiger partial charge in [0.2, 0.25) is 35.2 Å². The molecule has 3 aliphatic rings. The van der Waals surface area contributed by atoms with Crippen LogP contribution in [0, 0.1) is 51.0 Å². The normalized spacial score (nSPS) is 15.9. The molecule has 4 aromatic heterocycles. The van der Waals surface area contributed by atoms with E-state index in [1.165, 1.54) is 32.4 Å². The standard InChI is InChI=1S/C41H38F4N4O5.C37H30ClF4N3O5/c1-22-26(27-10-7-12-29(23(27)2)39-47-31-18-25(20-48-14-4-5-15-48)35(42)36(43)37(31)54-39)9-6-11-28(22)38-46-30-17-24(33(53-41(44)45)19-34(30)52-38)21-49-16-8-13-32(49)40(50)51-3;1-18-22(23-8-5-10-25(19(23)2)35-44-27-13-20(16-38)31(39)32(40)33(27)50-35)7-4-9-24(18)34-43-26-14-21(29(49-37(41)42)15-30(26)48-34)17-45-12-6-11-28(45)36(46)47-3/h6-7,9-12,17-19,32,41H,4-5,8,13-16,20-21H2,1-3H3;4-5,7-10,13-15,28,37H,6,11-12,16-17H2,1-3H3/t32-;28-/m00/s1. The highest BCUT2D eigenvalue weighted by Gasteiger charge is 2.35. The lowest BCUT2D eigenvalue weighted by Crippen LogP contribution is -2.36. The second-order valence-electron chi connectivity index (χ2n) is 26.0. The van der Waals surface area contributed by atoms with Crippen molar-refractivity contribution in [3.05, 3.63) is 177 Å². The van der Waals surface area contributed by atoms with Crippen molar-refractivity contribution in [1.82, 2.24) is 34.6 Å². The fraction of sp³-hybridized carbons (Fsp3) is 0.308. The fourth-order valence-corrected chi connectivity index (χ4v) is 14.7. The fourth-order valence-electron chi connectivity index (χ4n) is 14.5. The smallest absolute Gasteiger partial charge is 0.387 e. The van der Waals surface area contributed by atoms with Crippen LogP contribution in [0.25, 0.3) is 112 Å². The van der Waals surface area contributed by atoms with E-state index in [2.05, 4.69) is 14.9 Å². The summed E-state index contributed by atoms with van der Waals surface area (Å²) in [5.74, 6) is -4.39. The second kappa shape index (κ2) is 29.5. The van der Waals surface area contributed by atoms with Crippen molar-refractivity contribution in [1.29, 1.82) is 0 Å². The number of hydrogen-bond donors (Lipinski definition) is 0. The summed E-state index contributed by atoms with van der Waals surface area (Å²) in [5.41, 5.74) is 11.6. The van der Waals surface area contributed by atoms with Crippen LogP contribution in [-0.4, -0.2) is 112 Å². The number of methoxy groups -OCH3 is 2. The number of carbonyl (C=O) groups excluding carboxylic acids is 2. The Labute approximate surface area is 595 Å². The highest BCUT2D eigenvalue weighted by atomic mass is 35.5. The summed E-state index contributed by atoms with van der Waals surface area (Å²) in [4.78, 5) is 49.1. The van der Waals surface area contributed by atoms with Gasteiger partial charge in [-0.15, -0.1) is 11.6 Å². The number of benzene rings is 8. The molecule has 0 bridgehead atoms. The van der Waals surface area contributed by atoms with Crippen LogP contribution in [0.2, 0.25) is 0 Å². The van der Waals surface area contributed by atoms with E-state index in [0.717, 1.165) is 83.3 Å². The Kier molecular flexibility index (Phi) is 20.1. The van der Waals surface area contributed by atoms with Crippen LogP contribution in [0.4, 0.5) is 35.1 Å². The molecule has 0 amide bonds. The van der Waals surface area contributed by atoms with Crippen molar-refractivity contribution in [3.63, 3.8) is 0 Å². The summed E-state index contributed by atoms with van der Waals surface area (Å²) in [6.45, 7) is 5.07. The van der Waals surface area contributed by atoms with Crippen LogP contribution >= 0.6 is 11.6 Å². The number of hydrogen-bond acceptors (Lipinski definition) is 17. The van der Waals surface area contributed by atoms with Crippen LogP contribution in [0.1, 0.15) is 83.0 Å². The summed E-state index contributed by atoms with van der Waals surface area (Å²) >= 11 is 5.79. The first-order valence-corrected chi connectivity index (χ1v) is 34.3. The second-order valence-corrected chi connectivity index (χ2v) is 26.3. The number of ether oxygens (including phenoxy) is 4. The highest BCUT2D eigenvalue weighted by Crippen LogP contribution is 2.43. The Morgan fingerprint density at radius 3 is 1.17 bits per heavy atom. The van der Waals surface area contributed by atoms with E-state index in [-0.39, 0.29) is 110 Å². The molecule has 104 heavy (non-hydrogen) atoms. The number of aromatic nitrogens is 4. The van der Waals surface area contributed by atoms with E-state index in [1.54, 1.807) is 24.3 Å². The average Bonchev–Trinajstić information content (AvgIpc) is 1.61. The van der Waals surface area contributed by atoms with Crippen LogP contribution < -0.4 is 9.47 Å². The number of halogens is 9. The monoisotopic (exact) mass is 1450 g/mol. The van der Waals surface area contributed by atoms with Gasteiger partial charge in [-0.05, 0) is 185 Å². The first-order valence-electron chi connectivity index (χ1n) is 33.8. The molecule has 3 saturated heterocycles. The Bertz CT molecular complexity index is 5300.